The van der Waals surface area contributed by atoms with Gasteiger partial charge in [-0.15, -0.1) is 0 Å². The van der Waals surface area contributed by atoms with Crippen LogP contribution in [0, 0.1) is 18.6 Å². The monoisotopic (exact) mass is 444 g/mol. The molecule has 0 atom stereocenters. The number of amides is 1. The van der Waals surface area contributed by atoms with Gasteiger partial charge in [-0.3, -0.25) is 9.10 Å². The molecule has 0 saturated heterocycles. The van der Waals surface area contributed by atoms with Gasteiger partial charge in [0.05, 0.1) is 10.6 Å². The van der Waals surface area contributed by atoms with E-state index in [0.29, 0.717) is 12.1 Å². The minimum absolute atomic E-state index is 0.0281. The van der Waals surface area contributed by atoms with E-state index in [-0.39, 0.29) is 10.6 Å². The van der Waals surface area contributed by atoms with Crippen LogP contribution in [0.15, 0.2) is 71.6 Å². The second kappa shape index (κ2) is 9.26. The maximum Gasteiger partial charge on any atom is 0.264 e. The second-order valence-corrected chi connectivity index (χ2v) is 8.85. The van der Waals surface area contributed by atoms with Crippen molar-refractivity contribution in [2.24, 2.45) is 0 Å². The molecule has 8 heteroatoms. The third kappa shape index (κ3) is 5.08. The van der Waals surface area contributed by atoms with E-state index in [2.05, 4.69) is 5.32 Å². The minimum atomic E-state index is -4.07. The molecular weight excluding hydrogens is 422 g/mol. The number of rotatable bonds is 7. The highest BCUT2D eigenvalue weighted by Gasteiger charge is 2.28. The lowest BCUT2D eigenvalue weighted by Crippen LogP contribution is -2.38. The van der Waals surface area contributed by atoms with Gasteiger partial charge in [-0.05, 0) is 49.2 Å². The van der Waals surface area contributed by atoms with Crippen molar-refractivity contribution < 1.29 is 22.0 Å². The Labute approximate surface area is 180 Å². The molecule has 0 aliphatic carbocycles. The smallest absolute Gasteiger partial charge is 0.264 e. The van der Waals surface area contributed by atoms with Crippen LogP contribution in [0.5, 0.6) is 0 Å². The van der Waals surface area contributed by atoms with Crippen molar-refractivity contribution in [3.8, 4) is 0 Å². The predicted molar refractivity (Wildman–Crippen MR) is 117 cm³/mol. The summed E-state index contributed by atoms with van der Waals surface area (Å²) >= 11 is 0. The van der Waals surface area contributed by atoms with Crippen molar-refractivity contribution in [1.29, 1.82) is 0 Å². The number of nitrogens with one attached hydrogen (secondary N) is 1. The van der Waals surface area contributed by atoms with Crippen LogP contribution in [0.4, 0.5) is 20.2 Å². The quantitative estimate of drug-likeness (QED) is 0.576. The molecular formula is C23H22F2N2O3S. The van der Waals surface area contributed by atoms with Crippen LogP contribution < -0.4 is 9.62 Å². The van der Waals surface area contributed by atoms with Gasteiger partial charge in [-0.25, -0.2) is 17.2 Å². The zero-order chi connectivity index (χ0) is 22.6. The number of nitrogens with zero attached hydrogens (tertiary/aromatic N) is 1. The number of aryl methyl sites for hydroxylation is 2. The van der Waals surface area contributed by atoms with Crippen LogP contribution in [0.3, 0.4) is 0 Å². The van der Waals surface area contributed by atoms with Crippen LogP contribution >= 0.6 is 0 Å². The highest BCUT2D eigenvalue weighted by Crippen LogP contribution is 2.28. The van der Waals surface area contributed by atoms with Gasteiger partial charge in [0, 0.05) is 11.8 Å². The number of anilines is 2. The van der Waals surface area contributed by atoms with Crippen molar-refractivity contribution in [1.82, 2.24) is 0 Å². The molecule has 0 aromatic heterocycles. The molecule has 3 aromatic rings. The molecule has 31 heavy (non-hydrogen) atoms. The van der Waals surface area contributed by atoms with Crippen LogP contribution in [-0.4, -0.2) is 20.9 Å². The fourth-order valence-corrected chi connectivity index (χ4v) is 4.55. The van der Waals surface area contributed by atoms with Gasteiger partial charge in [0.25, 0.3) is 10.0 Å². The number of hydrogen-bond acceptors (Lipinski definition) is 3. The summed E-state index contributed by atoms with van der Waals surface area (Å²) in [5.41, 5.74) is 2.06. The van der Waals surface area contributed by atoms with Gasteiger partial charge in [-0.1, -0.05) is 42.8 Å². The number of benzene rings is 3. The van der Waals surface area contributed by atoms with E-state index in [4.69, 9.17) is 0 Å². The molecule has 1 N–H and O–H groups in total. The molecule has 0 spiro atoms. The lowest BCUT2D eigenvalue weighted by molar-refractivity contribution is -0.114. The molecule has 0 saturated carbocycles. The number of carbonyl (C=O) groups is 1. The van der Waals surface area contributed by atoms with Crippen LogP contribution in [0.2, 0.25) is 0 Å². The molecule has 0 heterocycles. The first-order chi connectivity index (χ1) is 14.7. The molecule has 1 amide bonds. The third-order valence-electron chi connectivity index (χ3n) is 4.74. The molecule has 0 aliphatic heterocycles. The first kappa shape index (κ1) is 22.4. The molecule has 0 unspecified atom stereocenters. The van der Waals surface area contributed by atoms with E-state index in [1.165, 1.54) is 18.2 Å². The standard InChI is InChI=1S/C23H22F2N2O3S/c1-3-17-6-4-5-7-22(17)27(31(29,30)19-11-8-16(2)9-12-19)15-23(28)26-18-10-13-20(24)21(25)14-18/h4-14H,3,15H2,1-2H3,(H,26,28). The number of halogens is 2. The Morgan fingerprint density at radius 1 is 0.968 bits per heavy atom. The summed E-state index contributed by atoms with van der Waals surface area (Å²) in [5.74, 6) is -2.84. The molecule has 0 radical (unpaired) electrons. The predicted octanol–water partition coefficient (Wildman–Crippen LogP) is 4.67. The maximum atomic E-state index is 13.5. The van der Waals surface area contributed by atoms with Gasteiger partial charge in [0.15, 0.2) is 11.6 Å². The summed E-state index contributed by atoms with van der Waals surface area (Å²) in [7, 11) is -4.07. The van der Waals surface area contributed by atoms with Crippen LogP contribution in [-0.2, 0) is 21.2 Å². The Balaban J connectivity index is 1.98. The fourth-order valence-electron chi connectivity index (χ4n) is 3.10. The average Bonchev–Trinajstić information content (AvgIpc) is 2.75. The molecule has 0 bridgehead atoms. The van der Waals surface area contributed by atoms with Crippen molar-refractivity contribution in [2.75, 3.05) is 16.2 Å². The van der Waals surface area contributed by atoms with Gasteiger partial charge < -0.3 is 5.32 Å². The van der Waals surface area contributed by atoms with Crippen molar-refractivity contribution >= 4 is 27.3 Å². The number of hydrogen-bond donors (Lipinski definition) is 1. The van der Waals surface area contributed by atoms with E-state index in [1.54, 1.807) is 36.4 Å². The van der Waals surface area contributed by atoms with Crippen molar-refractivity contribution in [2.45, 2.75) is 25.2 Å². The van der Waals surface area contributed by atoms with Gasteiger partial charge >= 0.3 is 0 Å². The normalized spacial score (nSPS) is 11.2. The summed E-state index contributed by atoms with van der Waals surface area (Å²) in [6.07, 6.45) is 0.556. The Hall–Kier alpha value is -3.26. The summed E-state index contributed by atoms with van der Waals surface area (Å²) in [5, 5.41) is 2.43. The third-order valence-corrected chi connectivity index (χ3v) is 6.51. The SMILES string of the molecule is CCc1ccccc1N(CC(=O)Nc1ccc(F)c(F)c1)S(=O)(=O)c1ccc(C)cc1. The molecule has 3 aromatic carbocycles. The summed E-state index contributed by atoms with van der Waals surface area (Å²) in [6, 6.07) is 16.2. The van der Waals surface area contributed by atoms with E-state index in [0.717, 1.165) is 27.6 Å². The van der Waals surface area contributed by atoms with E-state index >= 15 is 0 Å². The number of para-hydroxylation sites is 1. The van der Waals surface area contributed by atoms with E-state index in [1.807, 2.05) is 13.8 Å². The van der Waals surface area contributed by atoms with Gasteiger partial charge in [0.1, 0.15) is 6.54 Å². The van der Waals surface area contributed by atoms with Gasteiger partial charge in [0.2, 0.25) is 5.91 Å². The van der Waals surface area contributed by atoms with E-state index in [9.17, 15) is 22.0 Å². The summed E-state index contributed by atoms with van der Waals surface area (Å²) < 4.78 is 54.5. The first-order valence-corrected chi connectivity index (χ1v) is 11.1. The Morgan fingerprint density at radius 2 is 1.65 bits per heavy atom. The first-order valence-electron chi connectivity index (χ1n) is 9.64. The molecule has 3 rings (SSSR count). The van der Waals surface area contributed by atoms with Gasteiger partial charge in [-0.2, -0.15) is 0 Å². The largest absolute Gasteiger partial charge is 0.324 e. The van der Waals surface area contributed by atoms with Crippen molar-refractivity contribution in [3.63, 3.8) is 0 Å². The lowest BCUT2D eigenvalue weighted by atomic mass is 10.1. The zero-order valence-corrected chi connectivity index (χ0v) is 17.9. The van der Waals surface area contributed by atoms with Crippen LogP contribution in [0.25, 0.3) is 0 Å². The Bertz CT molecular complexity index is 1200. The minimum Gasteiger partial charge on any atom is -0.324 e. The summed E-state index contributed by atoms with van der Waals surface area (Å²) in [4.78, 5) is 12.7. The highest BCUT2D eigenvalue weighted by molar-refractivity contribution is 7.92. The van der Waals surface area contributed by atoms with Crippen LogP contribution in [0.1, 0.15) is 18.1 Å². The maximum absolute atomic E-state index is 13.5. The van der Waals surface area contributed by atoms with E-state index < -0.39 is 34.1 Å². The highest BCUT2D eigenvalue weighted by atomic mass is 32.2. The molecule has 162 valence electrons. The number of carbonyl (C=O) groups excluding carboxylic acids is 1. The number of sulfonamides is 1. The van der Waals surface area contributed by atoms with Crippen molar-refractivity contribution in [3.05, 3.63) is 89.5 Å². The fraction of sp³-hybridized carbons (Fsp3) is 0.174. The zero-order valence-electron chi connectivity index (χ0n) is 17.1. The Kier molecular flexibility index (Phi) is 6.70. The molecule has 0 aliphatic rings. The second-order valence-electron chi connectivity index (χ2n) is 6.98. The Morgan fingerprint density at radius 3 is 2.29 bits per heavy atom. The average molecular weight is 445 g/mol. The summed E-state index contributed by atoms with van der Waals surface area (Å²) in [6.45, 7) is 3.19. The molecule has 5 nitrogen and oxygen atoms in total. The molecule has 0 fully saturated rings. The topological polar surface area (TPSA) is 66.5 Å². The lowest BCUT2D eigenvalue weighted by Gasteiger charge is -2.26.